The third-order valence-corrected chi connectivity index (χ3v) is 3.76. The van der Waals surface area contributed by atoms with Gasteiger partial charge in [-0.25, -0.2) is 4.98 Å². The van der Waals surface area contributed by atoms with Gasteiger partial charge >= 0.3 is 0 Å². The van der Waals surface area contributed by atoms with E-state index in [1.165, 1.54) is 0 Å². The molecule has 0 spiro atoms. The SMILES string of the molecule is C=CCCCN(C)C(=NC)NCc1nc2ccccc2n1C. The van der Waals surface area contributed by atoms with Crippen LogP contribution in [0.4, 0.5) is 0 Å². The molecule has 0 atom stereocenters. The Morgan fingerprint density at radius 1 is 1.45 bits per heavy atom. The Hall–Kier alpha value is -2.30. The van der Waals surface area contributed by atoms with Crippen LogP contribution >= 0.6 is 0 Å². The van der Waals surface area contributed by atoms with Gasteiger partial charge < -0.3 is 14.8 Å². The number of benzene rings is 1. The van der Waals surface area contributed by atoms with Crippen molar-refractivity contribution in [1.29, 1.82) is 0 Å². The second-order valence-electron chi connectivity index (χ2n) is 5.33. The molecule has 5 heteroatoms. The molecule has 0 bridgehead atoms. The summed E-state index contributed by atoms with van der Waals surface area (Å²) in [5.41, 5.74) is 2.17. The standard InChI is InChI=1S/C17H25N5/c1-5-6-9-12-21(3)17(18-2)19-13-16-20-14-10-7-8-11-15(14)22(16)4/h5,7-8,10-11H,1,6,9,12-13H2,2-4H3,(H,18,19). The number of nitrogens with zero attached hydrogens (tertiary/aromatic N) is 4. The van der Waals surface area contributed by atoms with E-state index in [4.69, 9.17) is 0 Å². The van der Waals surface area contributed by atoms with E-state index in [2.05, 4.69) is 37.4 Å². The zero-order chi connectivity index (χ0) is 15.9. The lowest BCUT2D eigenvalue weighted by Gasteiger charge is -2.21. The minimum Gasteiger partial charge on any atom is -0.349 e. The molecule has 5 nitrogen and oxygen atoms in total. The number of hydrogen-bond acceptors (Lipinski definition) is 2. The highest BCUT2D eigenvalue weighted by atomic mass is 15.3. The molecule has 0 unspecified atom stereocenters. The number of imidazole rings is 1. The first kappa shape index (κ1) is 16.1. The molecule has 118 valence electrons. The van der Waals surface area contributed by atoms with Gasteiger partial charge in [-0.1, -0.05) is 18.2 Å². The molecule has 0 aliphatic carbocycles. The lowest BCUT2D eigenvalue weighted by atomic mass is 10.3. The highest BCUT2D eigenvalue weighted by Crippen LogP contribution is 2.13. The largest absolute Gasteiger partial charge is 0.349 e. The Labute approximate surface area is 132 Å². The molecule has 1 N–H and O–H groups in total. The van der Waals surface area contributed by atoms with Crippen LogP contribution in [0, 0.1) is 0 Å². The first-order chi connectivity index (χ1) is 10.7. The van der Waals surface area contributed by atoms with Crippen LogP contribution < -0.4 is 5.32 Å². The third kappa shape index (κ3) is 3.67. The molecule has 0 amide bonds. The summed E-state index contributed by atoms with van der Waals surface area (Å²) in [6, 6.07) is 8.17. The number of para-hydroxylation sites is 2. The molecule has 22 heavy (non-hydrogen) atoms. The summed E-state index contributed by atoms with van der Waals surface area (Å²) < 4.78 is 2.12. The monoisotopic (exact) mass is 299 g/mol. The summed E-state index contributed by atoms with van der Waals surface area (Å²) in [6.07, 6.45) is 4.04. The highest BCUT2D eigenvalue weighted by molar-refractivity contribution is 5.80. The highest BCUT2D eigenvalue weighted by Gasteiger charge is 2.09. The fourth-order valence-corrected chi connectivity index (χ4v) is 2.48. The molecule has 1 aromatic heterocycles. The maximum Gasteiger partial charge on any atom is 0.193 e. The molecular formula is C17H25N5. The topological polar surface area (TPSA) is 45.4 Å². The summed E-state index contributed by atoms with van der Waals surface area (Å²) in [4.78, 5) is 11.1. The molecule has 1 heterocycles. The van der Waals surface area contributed by atoms with Gasteiger partial charge in [0, 0.05) is 27.7 Å². The van der Waals surface area contributed by atoms with Crippen LogP contribution in [-0.4, -0.2) is 41.1 Å². The van der Waals surface area contributed by atoms with E-state index in [-0.39, 0.29) is 0 Å². The van der Waals surface area contributed by atoms with Crippen molar-refractivity contribution in [3.63, 3.8) is 0 Å². The van der Waals surface area contributed by atoms with Gasteiger partial charge in [0.05, 0.1) is 17.6 Å². The van der Waals surface area contributed by atoms with Gasteiger partial charge in [0.1, 0.15) is 5.82 Å². The Kier molecular flexibility index (Phi) is 5.58. The van der Waals surface area contributed by atoms with E-state index < -0.39 is 0 Å². The fourth-order valence-electron chi connectivity index (χ4n) is 2.48. The van der Waals surface area contributed by atoms with Crippen LogP contribution in [-0.2, 0) is 13.6 Å². The van der Waals surface area contributed by atoms with Crippen molar-refractivity contribution in [2.24, 2.45) is 12.0 Å². The van der Waals surface area contributed by atoms with Crippen molar-refractivity contribution >= 4 is 17.0 Å². The number of aliphatic imine (C=N–C) groups is 1. The molecule has 0 radical (unpaired) electrons. The average molecular weight is 299 g/mol. The summed E-state index contributed by atoms with van der Waals surface area (Å²) in [5.74, 6) is 1.89. The molecule has 0 saturated heterocycles. The lowest BCUT2D eigenvalue weighted by molar-refractivity contribution is 0.468. The number of aromatic nitrogens is 2. The van der Waals surface area contributed by atoms with E-state index in [9.17, 15) is 0 Å². The minimum atomic E-state index is 0.656. The number of allylic oxidation sites excluding steroid dienone is 1. The van der Waals surface area contributed by atoms with Crippen molar-refractivity contribution in [3.8, 4) is 0 Å². The van der Waals surface area contributed by atoms with E-state index in [0.717, 1.165) is 42.2 Å². The fraction of sp³-hybridized carbons (Fsp3) is 0.412. The first-order valence-corrected chi connectivity index (χ1v) is 7.60. The molecule has 2 rings (SSSR count). The zero-order valence-corrected chi connectivity index (χ0v) is 13.7. The van der Waals surface area contributed by atoms with Gasteiger partial charge in [-0.3, -0.25) is 4.99 Å². The summed E-state index contributed by atoms with van der Waals surface area (Å²) >= 11 is 0. The van der Waals surface area contributed by atoms with Crippen molar-refractivity contribution in [2.75, 3.05) is 20.6 Å². The molecule has 0 aliphatic rings. The van der Waals surface area contributed by atoms with E-state index in [0.29, 0.717) is 6.54 Å². The number of hydrogen-bond donors (Lipinski definition) is 1. The number of rotatable bonds is 6. The summed E-state index contributed by atoms with van der Waals surface area (Å²) in [7, 11) is 5.90. The number of nitrogens with one attached hydrogen (secondary N) is 1. The average Bonchev–Trinajstić information content (AvgIpc) is 2.85. The Bertz CT molecular complexity index is 656. The van der Waals surface area contributed by atoms with E-state index >= 15 is 0 Å². The van der Waals surface area contributed by atoms with Crippen molar-refractivity contribution in [1.82, 2.24) is 19.8 Å². The quantitative estimate of drug-likeness (QED) is 0.386. The van der Waals surface area contributed by atoms with Gasteiger partial charge in [0.25, 0.3) is 0 Å². The molecule has 0 fully saturated rings. The summed E-state index contributed by atoms with van der Waals surface area (Å²) in [6.45, 7) is 5.36. The van der Waals surface area contributed by atoms with E-state index in [1.54, 1.807) is 7.05 Å². The van der Waals surface area contributed by atoms with Crippen LogP contribution in [0.25, 0.3) is 11.0 Å². The molecule has 0 saturated carbocycles. The Morgan fingerprint density at radius 3 is 2.91 bits per heavy atom. The smallest absolute Gasteiger partial charge is 0.193 e. The van der Waals surface area contributed by atoms with Gasteiger partial charge in [-0.2, -0.15) is 0 Å². The van der Waals surface area contributed by atoms with Crippen LogP contribution in [0.3, 0.4) is 0 Å². The van der Waals surface area contributed by atoms with Crippen molar-refractivity contribution in [2.45, 2.75) is 19.4 Å². The number of fused-ring (bicyclic) bond motifs is 1. The number of unbranched alkanes of at least 4 members (excludes halogenated alkanes) is 1. The van der Waals surface area contributed by atoms with Crippen LogP contribution in [0.5, 0.6) is 0 Å². The lowest BCUT2D eigenvalue weighted by Crippen LogP contribution is -2.39. The zero-order valence-electron chi connectivity index (χ0n) is 13.7. The van der Waals surface area contributed by atoms with E-state index in [1.807, 2.05) is 38.4 Å². The van der Waals surface area contributed by atoms with Gasteiger partial charge in [-0.05, 0) is 25.0 Å². The maximum absolute atomic E-state index is 4.67. The van der Waals surface area contributed by atoms with Gasteiger partial charge in [0.2, 0.25) is 0 Å². The van der Waals surface area contributed by atoms with Crippen molar-refractivity contribution in [3.05, 3.63) is 42.7 Å². The second kappa shape index (κ2) is 7.64. The van der Waals surface area contributed by atoms with Crippen LogP contribution in [0.1, 0.15) is 18.7 Å². The molecule has 2 aromatic rings. The normalized spacial score (nSPS) is 11.7. The Balaban J connectivity index is 2.00. The third-order valence-electron chi connectivity index (χ3n) is 3.76. The second-order valence-corrected chi connectivity index (χ2v) is 5.33. The van der Waals surface area contributed by atoms with Gasteiger partial charge in [0.15, 0.2) is 5.96 Å². The van der Waals surface area contributed by atoms with Crippen LogP contribution in [0.15, 0.2) is 41.9 Å². The molecular weight excluding hydrogens is 274 g/mol. The Morgan fingerprint density at radius 2 is 2.23 bits per heavy atom. The predicted octanol–water partition coefficient (Wildman–Crippen LogP) is 2.55. The van der Waals surface area contributed by atoms with Crippen molar-refractivity contribution < 1.29 is 0 Å². The predicted molar refractivity (Wildman–Crippen MR) is 93.0 cm³/mol. The number of aryl methyl sites for hydroxylation is 1. The number of guanidine groups is 1. The first-order valence-electron chi connectivity index (χ1n) is 7.60. The molecule has 1 aromatic carbocycles. The van der Waals surface area contributed by atoms with Gasteiger partial charge in [-0.15, -0.1) is 6.58 Å². The minimum absolute atomic E-state index is 0.656. The summed E-state index contributed by atoms with van der Waals surface area (Å²) in [5, 5.41) is 3.38. The molecule has 0 aliphatic heterocycles. The maximum atomic E-state index is 4.67. The van der Waals surface area contributed by atoms with Crippen LogP contribution in [0.2, 0.25) is 0 Å².